The summed E-state index contributed by atoms with van der Waals surface area (Å²) in [7, 11) is 0. The van der Waals surface area contributed by atoms with Crippen LogP contribution in [0, 0.1) is 0 Å². The maximum Gasteiger partial charge on any atom is 0.307 e. The van der Waals surface area contributed by atoms with Crippen LogP contribution in [-0.2, 0) is 19.1 Å². The number of carbonyl (C=O) groups is 3. The van der Waals surface area contributed by atoms with E-state index in [0.717, 1.165) is 16.4 Å². The summed E-state index contributed by atoms with van der Waals surface area (Å²) in [6.07, 6.45) is 1.67. The summed E-state index contributed by atoms with van der Waals surface area (Å²) < 4.78 is 5.16. The van der Waals surface area contributed by atoms with Gasteiger partial charge in [0.2, 0.25) is 5.91 Å². The van der Waals surface area contributed by atoms with Crippen LogP contribution in [0.5, 0.6) is 0 Å². The fourth-order valence-electron chi connectivity index (χ4n) is 3.40. The third-order valence-corrected chi connectivity index (χ3v) is 6.30. The van der Waals surface area contributed by atoms with Crippen LogP contribution in [0.2, 0.25) is 0 Å². The van der Waals surface area contributed by atoms with Gasteiger partial charge in [0, 0.05) is 37.3 Å². The van der Waals surface area contributed by atoms with Crippen LogP contribution in [0.15, 0.2) is 53.6 Å². The van der Waals surface area contributed by atoms with Crippen molar-refractivity contribution in [3.05, 3.63) is 48.7 Å². The number of nitrogens with one attached hydrogen (secondary N) is 1. The number of esters is 1. The van der Waals surface area contributed by atoms with Crippen LogP contribution in [0.4, 0.5) is 11.5 Å². The summed E-state index contributed by atoms with van der Waals surface area (Å²) in [4.78, 5) is 45.8. The third kappa shape index (κ3) is 4.73. The molecule has 0 aliphatic carbocycles. The average Bonchev–Trinajstić information content (AvgIpc) is 2.78. The average molecular weight is 426 g/mol. The molecule has 1 N–H and O–H groups in total. The zero-order valence-corrected chi connectivity index (χ0v) is 17.1. The molecule has 2 aliphatic rings. The summed E-state index contributed by atoms with van der Waals surface area (Å²) in [6, 6.07) is 13.2. The number of thioether (sulfide) groups is 1. The van der Waals surface area contributed by atoms with Gasteiger partial charge in [-0.15, -0.1) is 11.8 Å². The maximum atomic E-state index is 12.4. The van der Waals surface area contributed by atoms with E-state index in [1.165, 1.54) is 11.8 Å². The van der Waals surface area contributed by atoms with E-state index >= 15 is 0 Å². The predicted octanol–water partition coefficient (Wildman–Crippen LogP) is 1.78. The molecule has 1 atom stereocenters. The molecule has 1 aromatic heterocycles. The molecule has 1 fully saturated rings. The first-order chi connectivity index (χ1) is 14.6. The second-order valence-electron chi connectivity index (χ2n) is 7.01. The predicted molar refractivity (Wildman–Crippen MR) is 113 cm³/mol. The highest BCUT2D eigenvalue weighted by Crippen LogP contribution is 2.36. The smallest absolute Gasteiger partial charge is 0.307 e. The Labute approximate surface area is 178 Å². The van der Waals surface area contributed by atoms with E-state index in [-0.39, 0.29) is 24.8 Å². The first-order valence-electron chi connectivity index (χ1n) is 9.76. The Balaban J connectivity index is 1.22. The standard InChI is InChI=1S/C21H22N4O4S/c26-19(25-11-9-24(10-12-25)18-7-3-4-8-22-18)14-29-20(27)13-17-21(28)23-15-5-1-2-6-16(15)30-17/h1-8,17H,9-14H2,(H,23,28). The molecule has 0 radical (unpaired) electrons. The van der Waals surface area contributed by atoms with Crippen molar-refractivity contribution in [3.8, 4) is 0 Å². The highest BCUT2D eigenvalue weighted by Gasteiger charge is 2.30. The van der Waals surface area contributed by atoms with E-state index < -0.39 is 11.2 Å². The first kappa shape index (κ1) is 20.2. The van der Waals surface area contributed by atoms with Gasteiger partial charge in [-0.1, -0.05) is 18.2 Å². The van der Waals surface area contributed by atoms with E-state index in [0.29, 0.717) is 26.2 Å². The van der Waals surface area contributed by atoms with Crippen LogP contribution in [-0.4, -0.2) is 65.7 Å². The number of ether oxygens (including phenoxy) is 1. The number of pyridine rings is 1. The van der Waals surface area contributed by atoms with Crippen LogP contribution in [0.25, 0.3) is 0 Å². The van der Waals surface area contributed by atoms with E-state index in [2.05, 4.69) is 15.2 Å². The monoisotopic (exact) mass is 426 g/mol. The number of anilines is 2. The fraction of sp³-hybridized carbons (Fsp3) is 0.333. The largest absolute Gasteiger partial charge is 0.456 e. The molecule has 156 valence electrons. The Morgan fingerprint density at radius 2 is 1.87 bits per heavy atom. The minimum Gasteiger partial charge on any atom is -0.456 e. The molecule has 1 unspecified atom stereocenters. The van der Waals surface area contributed by atoms with Gasteiger partial charge in [0.1, 0.15) is 5.82 Å². The lowest BCUT2D eigenvalue weighted by Gasteiger charge is -2.35. The van der Waals surface area contributed by atoms with Crippen LogP contribution in [0.3, 0.4) is 0 Å². The number of para-hydroxylation sites is 1. The van der Waals surface area contributed by atoms with Gasteiger partial charge in [0.25, 0.3) is 5.91 Å². The molecule has 4 rings (SSSR count). The van der Waals surface area contributed by atoms with Gasteiger partial charge in [-0.05, 0) is 24.3 Å². The molecule has 3 heterocycles. The second-order valence-corrected chi connectivity index (χ2v) is 8.26. The number of rotatable bonds is 5. The summed E-state index contributed by atoms with van der Waals surface area (Å²) >= 11 is 1.33. The lowest BCUT2D eigenvalue weighted by molar-refractivity contribution is -0.152. The molecule has 0 bridgehead atoms. The van der Waals surface area contributed by atoms with Gasteiger partial charge in [0.05, 0.1) is 17.4 Å². The molecule has 8 nitrogen and oxygen atoms in total. The molecule has 2 aliphatic heterocycles. The molecular weight excluding hydrogens is 404 g/mol. The molecule has 2 aromatic rings. The lowest BCUT2D eigenvalue weighted by Crippen LogP contribution is -2.50. The van der Waals surface area contributed by atoms with Crippen molar-refractivity contribution in [2.75, 3.05) is 43.0 Å². The number of aromatic nitrogens is 1. The van der Waals surface area contributed by atoms with Gasteiger partial charge in [-0.25, -0.2) is 4.98 Å². The number of fused-ring (bicyclic) bond motifs is 1. The van der Waals surface area contributed by atoms with Crippen LogP contribution in [0.1, 0.15) is 6.42 Å². The van der Waals surface area contributed by atoms with Crippen molar-refractivity contribution < 1.29 is 19.1 Å². The number of amides is 2. The van der Waals surface area contributed by atoms with E-state index in [1.54, 1.807) is 11.1 Å². The number of nitrogens with zero attached hydrogens (tertiary/aromatic N) is 3. The summed E-state index contributed by atoms with van der Waals surface area (Å²) in [5, 5.41) is 2.23. The van der Waals surface area contributed by atoms with Gasteiger partial charge >= 0.3 is 5.97 Å². The van der Waals surface area contributed by atoms with Crippen LogP contribution < -0.4 is 10.2 Å². The summed E-state index contributed by atoms with van der Waals surface area (Å²) in [5.41, 5.74) is 0.747. The Kier molecular flexibility index (Phi) is 6.18. The molecule has 0 saturated carbocycles. The molecule has 2 amide bonds. The topological polar surface area (TPSA) is 91.8 Å². The van der Waals surface area contributed by atoms with Crippen molar-refractivity contribution in [2.24, 2.45) is 0 Å². The summed E-state index contributed by atoms with van der Waals surface area (Å²) in [6.45, 7) is 2.14. The SMILES string of the molecule is O=C(CC1Sc2ccccc2NC1=O)OCC(=O)N1CCN(c2ccccn2)CC1. The number of benzene rings is 1. The highest BCUT2D eigenvalue weighted by atomic mass is 32.2. The second kappa shape index (κ2) is 9.17. The Morgan fingerprint density at radius 1 is 1.10 bits per heavy atom. The van der Waals surface area contributed by atoms with E-state index in [4.69, 9.17) is 4.74 Å². The zero-order valence-electron chi connectivity index (χ0n) is 16.3. The normalized spacial score (nSPS) is 18.4. The third-order valence-electron chi connectivity index (χ3n) is 5.02. The van der Waals surface area contributed by atoms with E-state index in [1.807, 2.05) is 42.5 Å². The Hall–Kier alpha value is -3.07. The minimum absolute atomic E-state index is 0.0778. The fourth-order valence-corrected chi connectivity index (χ4v) is 4.49. The number of piperazine rings is 1. The van der Waals surface area contributed by atoms with Crippen molar-refractivity contribution in [1.82, 2.24) is 9.88 Å². The first-order valence-corrected chi connectivity index (χ1v) is 10.6. The summed E-state index contributed by atoms with van der Waals surface area (Å²) in [5.74, 6) is -0.119. The van der Waals surface area contributed by atoms with Crippen molar-refractivity contribution in [1.29, 1.82) is 0 Å². The Bertz CT molecular complexity index is 932. The van der Waals surface area contributed by atoms with Crippen molar-refractivity contribution in [2.45, 2.75) is 16.6 Å². The van der Waals surface area contributed by atoms with Crippen molar-refractivity contribution in [3.63, 3.8) is 0 Å². The maximum absolute atomic E-state index is 12.4. The minimum atomic E-state index is -0.565. The van der Waals surface area contributed by atoms with Crippen LogP contribution >= 0.6 is 11.8 Å². The lowest BCUT2D eigenvalue weighted by atomic mass is 10.2. The number of carbonyl (C=O) groups excluding carboxylic acids is 3. The molecule has 30 heavy (non-hydrogen) atoms. The van der Waals surface area contributed by atoms with Gasteiger partial charge in [-0.3, -0.25) is 14.4 Å². The number of hydrogen-bond acceptors (Lipinski definition) is 7. The van der Waals surface area contributed by atoms with Crippen molar-refractivity contribution >= 4 is 41.1 Å². The molecule has 0 spiro atoms. The highest BCUT2D eigenvalue weighted by molar-refractivity contribution is 8.01. The van der Waals surface area contributed by atoms with E-state index in [9.17, 15) is 14.4 Å². The number of hydrogen-bond donors (Lipinski definition) is 1. The zero-order chi connectivity index (χ0) is 20.9. The molecule has 1 aromatic carbocycles. The molecule has 9 heteroatoms. The van der Waals surface area contributed by atoms with Gasteiger partial charge in [-0.2, -0.15) is 0 Å². The van der Waals surface area contributed by atoms with Gasteiger partial charge < -0.3 is 19.9 Å². The Morgan fingerprint density at radius 3 is 2.63 bits per heavy atom. The van der Waals surface area contributed by atoms with Gasteiger partial charge in [0.15, 0.2) is 6.61 Å². The molecular formula is C21H22N4O4S. The molecule has 1 saturated heterocycles. The quantitative estimate of drug-likeness (QED) is 0.729.